The van der Waals surface area contributed by atoms with Crippen molar-refractivity contribution in [1.29, 1.82) is 0 Å². The highest BCUT2D eigenvalue weighted by Gasteiger charge is 2.11. The van der Waals surface area contributed by atoms with Crippen LogP contribution in [0.25, 0.3) is 17.0 Å². The summed E-state index contributed by atoms with van der Waals surface area (Å²) < 4.78 is 1.49. The fourth-order valence-electron chi connectivity index (χ4n) is 1.86. The first-order chi connectivity index (χ1) is 8.50. The molecule has 0 aliphatic carbocycles. The first-order valence-corrected chi connectivity index (χ1v) is 5.44. The van der Waals surface area contributed by atoms with E-state index in [4.69, 9.17) is 0 Å². The summed E-state index contributed by atoms with van der Waals surface area (Å²) in [5.41, 5.74) is 1.48. The molecule has 1 aromatic heterocycles. The summed E-state index contributed by atoms with van der Waals surface area (Å²) in [6.45, 7) is 2.89. The zero-order valence-electron chi connectivity index (χ0n) is 10.1. The lowest BCUT2D eigenvalue weighted by molar-refractivity contribution is -0.422. The van der Waals surface area contributed by atoms with Gasteiger partial charge in [0.25, 0.3) is 0 Å². The van der Waals surface area contributed by atoms with Crippen molar-refractivity contribution >= 4 is 22.9 Å². The summed E-state index contributed by atoms with van der Waals surface area (Å²) in [5, 5.41) is 11.5. The van der Waals surface area contributed by atoms with Crippen molar-refractivity contribution in [3.8, 4) is 0 Å². The predicted molar refractivity (Wildman–Crippen MR) is 68.9 cm³/mol. The molecule has 0 spiro atoms. The fourth-order valence-corrected chi connectivity index (χ4v) is 1.86. The van der Waals surface area contributed by atoms with Crippen LogP contribution in [0.1, 0.15) is 24.2 Å². The van der Waals surface area contributed by atoms with Crippen molar-refractivity contribution in [2.75, 3.05) is 0 Å². The maximum Gasteiger partial charge on any atom is 0.243 e. The van der Waals surface area contributed by atoms with E-state index < -0.39 is 4.92 Å². The molecule has 0 N–H and O–H groups in total. The van der Waals surface area contributed by atoms with Crippen molar-refractivity contribution in [1.82, 2.24) is 4.57 Å². The molecule has 0 unspecified atom stereocenters. The third kappa shape index (κ3) is 2.02. The first-order valence-electron chi connectivity index (χ1n) is 5.44. The second-order valence-corrected chi connectivity index (χ2v) is 4.03. The van der Waals surface area contributed by atoms with Crippen LogP contribution in [0, 0.1) is 10.1 Å². The maximum atomic E-state index is 11.5. The highest BCUT2D eigenvalue weighted by atomic mass is 16.6. The largest absolute Gasteiger partial charge is 0.287 e. The lowest BCUT2D eigenvalue weighted by Crippen LogP contribution is -2.02. The molecule has 0 bridgehead atoms. The lowest BCUT2D eigenvalue weighted by atomic mass is 10.1. The number of aromatic nitrogens is 1. The van der Waals surface area contributed by atoms with Gasteiger partial charge < -0.3 is 0 Å². The van der Waals surface area contributed by atoms with Crippen molar-refractivity contribution in [3.05, 3.63) is 51.8 Å². The molecule has 0 aliphatic rings. The van der Waals surface area contributed by atoms with E-state index in [0.29, 0.717) is 5.56 Å². The number of allylic oxidation sites excluding steroid dienone is 1. The Balaban J connectivity index is 2.69. The molecular formula is C13H12N2O3. The summed E-state index contributed by atoms with van der Waals surface area (Å²) in [6, 6.07) is 7.32. The van der Waals surface area contributed by atoms with E-state index in [1.807, 2.05) is 24.3 Å². The minimum Gasteiger partial charge on any atom is -0.287 e. The molecule has 1 aromatic carbocycles. The third-order valence-electron chi connectivity index (χ3n) is 2.73. The highest BCUT2D eigenvalue weighted by molar-refractivity contribution is 5.96. The smallest absolute Gasteiger partial charge is 0.243 e. The molecule has 0 saturated heterocycles. The number of rotatable bonds is 2. The number of hydrogen-bond donors (Lipinski definition) is 0. The zero-order chi connectivity index (χ0) is 13.3. The van der Waals surface area contributed by atoms with E-state index in [-0.39, 0.29) is 11.6 Å². The van der Waals surface area contributed by atoms with Gasteiger partial charge in [-0.25, -0.2) is 0 Å². The van der Waals surface area contributed by atoms with Gasteiger partial charge in [0.15, 0.2) is 0 Å². The Bertz CT molecular complexity index is 668. The monoisotopic (exact) mass is 244 g/mol. The quantitative estimate of drug-likeness (QED) is 0.602. The van der Waals surface area contributed by atoms with Gasteiger partial charge in [0, 0.05) is 37.1 Å². The number of nitrogens with zero attached hydrogens (tertiary/aromatic N) is 2. The van der Waals surface area contributed by atoms with E-state index in [1.54, 1.807) is 6.20 Å². The topological polar surface area (TPSA) is 65.1 Å². The van der Waals surface area contributed by atoms with Crippen LogP contribution in [0.15, 0.2) is 36.2 Å². The number of hydrogen-bond acceptors (Lipinski definition) is 3. The Morgan fingerprint density at radius 3 is 2.61 bits per heavy atom. The van der Waals surface area contributed by atoms with Crippen LogP contribution in [0.4, 0.5) is 0 Å². The fraction of sp³-hybridized carbons (Fsp3) is 0.154. The van der Waals surface area contributed by atoms with E-state index >= 15 is 0 Å². The van der Waals surface area contributed by atoms with E-state index in [1.165, 1.54) is 24.5 Å². The van der Waals surface area contributed by atoms with Crippen molar-refractivity contribution in [3.63, 3.8) is 0 Å². The maximum absolute atomic E-state index is 11.5. The molecule has 0 amide bonds. The van der Waals surface area contributed by atoms with Crippen LogP contribution in [-0.2, 0) is 0 Å². The van der Waals surface area contributed by atoms with Crippen LogP contribution in [0.5, 0.6) is 0 Å². The van der Waals surface area contributed by atoms with Gasteiger partial charge in [-0.1, -0.05) is 18.2 Å². The number of benzene rings is 1. The number of carbonyl (C=O) groups is 1. The van der Waals surface area contributed by atoms with Gasteiger partial charge in [0.1, 0.15) is 0 Å². The van der Waals surface area contributed by atoms with Gasteiger partial charge in [-0.15, -0.1) is 0 Å². The van der Waals surface area contributed by atoms with Crippen LogP contribution >= 0.6 is 0 Å². The molecule has 0 radical (unpaired) electrons. The normalized spacial score (nSPS) is 11.8. The van der Waals surface area contributed by atoms with Gasteiger partial charge in [-0.05, 0) is 6.07 Å². The van der Waals surface area contributed by atoms with Crippen molar-refractivity contribution in [2.45, 2.75) is 13.8 Å². The molecule has 0 saturated carbocycles. The molecule has 0 atom stereocenters. The molecule has 5 nitrogen and oxygen atoms in total. The summed E-state index contributed by atoms with van der Waals surface area (Å²) in [5.74, 6) is -0.121. The molecule has 0 aliphatic heterocycles. The first kappa shape index (κ1) is 12.0. The Morgan fingerprint density at radius 1 is 1.33 bits per heavy atom. The average Bonchev–Trinajstić information content (AvgIpc) is 2.68. The van der Waals surface area contributed by atoms with E-state index in [0.717, 1.165) is 10.9 Å². The van der Waals surface area contributed by atoms with E-state index in [9.17, 15) is 14.9 Å². The lowest BCUT2D eigenvalue weighted by Gasteiger charge is -1.96. The number of para-hydroxylation sites is 1. The van der Waals surface area contributed by atoms with Gasteiger partial charge in [0.2, 0.25) is 11.6 Å². The molecule has 2 rings (SSSR count). The van der Waals surface area contributed by atoms with E-state index in [2.05, 4.69) is 0 Å². The predicted octanol–water partition coefficient (Wildman–Crippen LogP) is 2.94. The standard InChI is InChI=1S/C13H12N2O3/c1-9(15(17)18)7-11-8-14(10(2)16)13-6-4-3-5-12(11)13/h3-8H,1-2H3. The minimum atomic E-state index is -0.445. The second-order valence-electron chi connectivity index (χ2n) is 4.03. The highest BCUT2D eigenvalue weighted by Crippen LogP contribution is 2.23. The molecule has 5 heteroatoms. The van der Waals surface area contributed by atoms with Gasteiger partial charge >= 0.3 is 0 Å². The summed E-state index contributed by atoms with van der Waals surface area (Å²) in [7, 11) is 0. The molecule has 92 valence electrons. The molecule has 2 aromatic rings. The average molecular weight is 244 g/mol. The second kappa shape index (κ2) is 4.44. The Labute approximate surface area is 103 Å². The van der Waals surface area contributed by atoms with Gasteiger partial charge in [0.05, 0.1) is 10.4 Å². The minimum absolute atomic E-state index is 0.0430. The van der Waals surface area contributed by atoms with Crippen LogP contribution in [0.2, 0.25) is 0 Å². The molecular weight excluding hydrogens is 232 g/mol. The Kier molecular flexibility index (Phi) is 2.97. The van der Waals surface area contributed by atoms with Crippen LogP contribution < -0.4 is 0 Å². The number of carbonyl (C=O) groups excluding carboxylic acids is 1. The Hall–Kier alpha value is -2.43. The molecule has 0 fully saturated rings. The van der Waals surface area contributed by atoms with Crippen LogP contribution in [-0.4, -0.2) is 15.4 Å². The SMILES string of the molecule is CC(=O)n1cc(C=C(C)[N+](=O)[O-])c2ccccc21. The summed E-state index contributed by atoms with van der Waals surface area (Å²) >= 11 is 0. The number of nitro groups is 1. The summed E-state index contributed by atoms with van der Waals surface area (Å²) in [6.07, 6.45) is 3.10. The summed E-state index contributed by atoms with van der Waals surface area (Å²) in [4.78, 5) is 21.7. The van der Waals surface area contributed by atoms with Crippen molar-refractivity contribution < 1.29 is 9.72 Å². The van der Waals surface area contributed by atoms with Gasteiger partial charge in [-0.2, -0.15) is 0 Å². The molecule has 18 heavy (non-hydrogen) atoms. The third-order valence-corrected chi connectivity index (χ3v) is 2.73. The molecule has 1 heterocycles. The van der Waals surface area contributed by atoms with Crippen LogP contribution in [0.3, 0.4) is 0 Å². The van der Waals surface area contributed by atoms with Gasteiger partial charge in [-0.3, -0.25) is 19.5 Å². The zero-order valence-corrected chi connectivity index (χ0v) is 10.1. The Morgan fingerprint density at radius 2 is 2.00 bits per heavy atom. The van der Waals surface area contributed by atoms with Crippen molar-refractivity contribution in [2.24, 2.45) is 0 Å². The number of fused-ring (bicyclic) bond motifs is 1.